The van der Waals surface area contributed by atoms with Gasteiger partial charge in [0.1, 0.15) is 0 Å². The lowest BCUT2D eigenvalue weighted by Gasteiger charge is -2.18. The zero-order chi connectivity index (χ0) is 15.5. The van der Waals surface area contributed by atoms with Crippen molar-refractivity contribution in [3.8, 4) is 0 Å². The van der Waals surface area contributed by atoms with Crippen molar-refractivity contribution >= 4 is 5.69 Å². The Balaban J connectivity index is 2.64. The van der Waals surface area contributed by atoms with Crippen LogP contribution in [-0.4, -0.2) is 17.5 Å². The van der Waals surface area contributed by atoms with E-state index in [0.29, 0.717) is 6.04 Å². The Morgan fingerprint density at radius 1 is 1.14 bits per heavy atom. The zero-order valence-corrected chi connectivity index (χ0v) is 13.3. The number of rotatable bonds is 11. The molecule has 4 heteroatoms. The van der Waals surface area contributed by atoms with Crippen molar-refractivity contribution in [3.63, 3.8) is 0 Å². The SMILES string of the molecule is CCCCCCC(Cc1ccccc1[N+](=O)[O-])NCCC. The lowest BCUT2D eigenvalue weighted by atomic mass is 9.98. The number of nitrogens with zero attached hydrogens (tertiary/aromatic N) is 1. The summed E-state index contributed by atoms with van der Waals surface area (Å²) in [5, 5.41) is 14.6. The molecule has 1 atom stereocenters. The molecule has 118 valence electrons. The van der Waals surface area contributed by atoms with E-state index < -0.39 is 0 Å². The maximum Gasteiger partial charge on any atom is 0.272 e. The van der Waals surface area contributed by atoms with E-state index in [4.69, 9.17) is 0 Å². The fourth-order valence-electron chi connectivity index (χ4n) is 2.57. The Kier molecular flexibility index (Phi) is 8.67. The summed E-state index contributed by atoms with van der Waals surface area (Å²) in [6.07, 6.45) is 7.86. The van der Waals surface area contributed by atoms with Gasteiger partial charge in [0.2, 0.25) is 0 Å². The molecule has 0 aliphatic rings. The van der Waals surface area contributed by atoms with Gasteiger partial charge in [-0.25, -0.2) is 0 Å². The molecule has 21 heavy (non-hydrogen) atoms. The van der Waals surface area contributed by atoms with Gasteiger partial charge in [0.25, 0.3) is 5.69 Å². The number of hydrogen-bond acceptors (Lipinski definition) is 3. The second-order valence-corrected chi connectivity index (χ2v) is 5.59. The highest BCUT2D eigenvalue weighted by molar-refractivity contribution is 5.40. The second-order valence-electron chi connectivity index (χ2n) is 5.59. The summed E-state index contributed by atoms with van der Waals surface area (Å²) in [6.45, 7) is 5.32. The number of nitrogens with one attached hydrogen (secondary N) is 1. The van der Waals surface area contributed by atoms with E-state index in [2.05, 4.69) is 19.2 Å². The second kappa shape index (κ2) is 10.3. The van der Waals surface area contributed by atoms with E-state index in [-0.39, 0.29) is 10.6 Å². The molecule has 0 amide bonds. The van der Waals surface area contributed by atoms with Crippen molar-refractivity contribution in [3.05, 3.63) is 39.9 Å². The van der Waals surface area contributed by atoms with Crippen molar-refractivity contribution in [1.82, 2.24) is 5.32 Å². The topological polar surface area (TPSA) is 55.2 Å². The van der Waals surface area contributed by atoms with Crippen LogP contribution in [0.15, 0.2) is 24.3 Å². The average Bonchev–Trinajstić information content (AvgIpc) is 2.49. The molecule has 1 aromatic rings. The Labute approximate surface area is 128 Å². The molecule has 0 radical (unpaired) electrons. The molecule has 0 aliphatic heterocycles. The van der Waals surface area contributed by atoms with Crippen LogP contribution in [0.2, 0.25) is 0 Å². The Morgan fingerprint density at radius 2 is 1.90 bits per heavy atom. The first kappa shape index (κ1) is 17.6. The predicted octanol–water partition coefficient (Wildman–Crippen LogP) is 4.48. The molecular weight excluding hydrogens is 264 g/mol. The molecule has 0 spiro atoms. The average molecular weight is 292 g/mol. The lowest BCUT2D eigenvalue weighted by molar-refractivity contribution is -0.385. The molecule has 0 heterocycles. The molecule has 1 N–H and O–H groups in total. The summed E-state index contributed by atoms with van der Waals surface area (Å²) in [4.78, 5) is 10.8. The third-order valence-corrected chi connectivity index (χ3v) is 3.74. The van der Waals surface area contributed by atoms with Gasteiger partial charge in [-0.15, -0.1) is 0 Å². The third-order valence-electron chi connectivity index (χ3n) is 3.74. The van der Waals surface area contributed by atoms with Crippen LogP contribution in [0.5, 0.6) is 0 Å². The number of nitro benzene ring substituents is 1. The van der Waals surface area contributed by atoms with Crippen molar-refractivity contribution < 1.29 is 4.92 Å². The number of hydrogen-bond donors (Lipinski definition) is 1. The summed E-state index contributed by atoms with van der Waals surface area (Å²) >= 11 is 0. The molecule has 1 unspecified atom stereocenters. The molecular formula is C17H28N2O2. The predicted molar refractivity (Wildman–Crippen MR) is 87.6 cm³/mol. The van der Waals surface area contributed by atoms with Gasteiger partial charge in [-0.2, -0.15) is 0 Å². The largest absolute Gasteiger partial charge is 0.314 e. The number of para-hydroxylation sites is 1. The minimum atomic E-state index is -0.275. The molecule has 0 aromatic heterocycles. The van der Waals surface area contributed by atoms with Gasteiger partial charge >= 0.3 is 0 Å². The minimum absolute atomic E-state index is 0.245. The normalized spacial score (nSPS) is 12.3. The number of nitro groups is 1. The van der Waals surface area contributed by atoms with Gasteiger partial charge in [0.15, 0.2) is 0 Å². The van der Waals surface area contributed by atoms with Gasteiger partial charge in [0, 0.05) is 17.7 Å². The van der Waals surface area contributed by atoms with Crippen LogP contribution in [-0.2, 0) is 6.42 Å². The molecule has 4 nitrogen and oxygen atoms in total. The van der Waals surface area contributed by atoms with E-state index in [1.54, 1.807) is 12.1 Å². The van der Waals surface area contributed by atoms with Crippen molar-refractivity contribution in [2.75, 3.05) is 6.54 Å². The lowest BCUT2D eigenvalue weighted by Crippen LogP contribution is -2.32. The molecule has 1 rings (SSSR count). The third kappa shape index (κ3) is 6.71. The molecule has 0 saturated carbocycles. The smallest absolute Gasteiger partial charge is 0.272 e. The van der Waals surface area contributed by atoms with Crippen LogP contribution in [0, 0.1) is 10.1 Å². The Hall–Kier alpha value is -1.42. The highest BCUT2D eigenvalue weighted by Gasteiger charge is 2.16. The standard InChI is InChI=1S/C17H28N2O2/c1-3-5-6-7-11-16(18-13-4-2)14-15-10-8-9-12-17(15)19(20)21/h8-10,12,16,18H,3-7,11,13-14H2,1-2H3. The van der Waals surface area contributed by atoms with Gasteiger partial charge in [0.05, 0.1) is 4.92 Å². The molecule has 0 saturated heterocycles. The van der Waals surface area contributed by atoms with E-state index >= 15 is 0 Å². The van der Waals surface area contributed by atoms with E-state index in [1.807, 2.05) is 12.1 Å². The first-order valence-electron chi connectivity index (χ1n) is 8.14. The summed E-state index contributed by atoms with van der Waals surface area (Å²) in [5.41, 5.74) is 1.08. The van der Waals surface area contributed by atoms with Crippen LogP contribution in [0.25, 0.3) is 0 Å². The highest BCUT2D eigenvalue weighted by Crippen LogP contribution is 2.20. The van der Waals surface area contributed by atoms with Crippen LogP contribution in [0.4, 0.5) is 5.69 Å². The van der Waals surface area contributed by atoms with Crippen molar-refractivity contribution in [1.29, 1.82) is 0 Å². The van der Waals surface area contributed by atoms with Crippen LogP contribution < -0.4 is 5.32 Å². The van der Waals surface area contributed by atoms with E-state index in [0.717, 1.165) is 31.4 Å². The molecule has 1 aromatic carbocycles. The highest BCUT2D eigenvalue weighted by atomic mass is 16.6. The van der Waals surface area contributed by atoms with Gasteiger partial charge < -0.3 is 5.32 Å². The quantitative estimate of drug-likeness (QED) is 0.372. The van der Waals surface area contributed by atoms with Crippen molar-refractivity contribution in [2.45, 2.75) is 64.8 Å². The summed E-state index contributed by atoms with van der Waals surface area (Å²) in [7, 11) is 0. The minimum Gasteiger partial charge on any atom is -0.314 e. The van der Waals surface area contributed by atoms with Crippen molar-refractivity contribution in [2.24, 2.45) is 0 Å². The van der Waals surface area contributed by atoms with Gasteiger partial charge in [-0.05, 0) is 25.8 Å². The monoisotopic (exact) mass is 292 g/mol. The number of benzene rings is 1. The molecule has 0 bridgehead atoms. The first-order chi connectivity index (χ1) is 10.2. The summed E-state index contributed by atoms with van der Waals surface area (Å²) in [6, 6.07) is 7.43. The molecule has 0 aliphatic carbocycles. The van der Waals surface area contributed by atoms with Gasteiger partial charge in [-0.1, -0.05) is 57.7 Å². The Morgan fingerprint density at radius 3 is 2.57 bits per heavy atom. The fourth-order valence-corrected chi connectivity index (χ4v) is 2.57. The van der Waals surface area contributed by atoms with E-state index in [1.165, 1.54) is 25.7 Å². The summed E-state index contributed by atoms with van der Waals surface area (Å²) in [5.74, 6) is 0. The molecule has 0 fully saturated rings. The van der Waals surface area contributed by atoms with Crippen LogP contribution >= 0.6 is 0 Å². The maximum atomic E-state index is 11.1. The zero-order valence-electron chi connectivity index (χ0n) is 13.3. The fraction of sp³-hybridized carbons (Fsp3) is 0.647. The Bertz CT molecular complexity index is 421. The summed E-state index contributed by atoms with van der Waals surface area (Å²) < 4.78 is 0. The van der Waals surface area contributed by atoms with Crippen LogP contribution in [0.3, 0.4) is 0 Å². The number of unbranched alkanes of at least 4 members (excludes halogenated alkanes) is 3. The van der Waals surface area contributed by atoms with Crippen LogP contribution in [0.1, 0.15) is 57.9 Å². The van der Waals surface area contributed by atoms with Gasteiger partial charge in [-0.3, -0.25) is 10.1 Å². The van der Waals surface area contributed by atoms with E-state index in [9.17, 15) is 10.1 Å². The first-order valence-corrected chi connectivity index (χ1v) is 8.14. The maximum absolute atomic E-state index is 11.1.